The van der Waals surface area contributed by atoms with Gasteiger partial charge in [-0.3, -0.25) is 0 Å². The molecule has 10 aromatic rings. The third-order valence-corrected chi connectivity index (χ3v) is 17.5. The quantitative estimate of drug-likeness (QED) is 0.163. The molecule has 9 aromatic carbocycles. The average molecular weight is 931 g/mol. The number of anilines is 6. The topological polar surface area (TPSA) is 6.48 Å². The van der Waals surface area contributed by atoms with Crippen LogP contribution >= 0.6 is 11.3 Å². The van der Waals surface area contributed by atoms with Gasteiger partial charge in [0.25, 0.3) is 6.71 Å². The number of nitrogens with zero attached hydrogens (tertiary/aromatic N) is 2. The molecule has 0 saturated carbocycles. The van der Waals surface area contributed by atoms with Gasteiger partial charge >= 0.3 is 0 Å². The monoisotopic (exact) mass is 930 g/mol. The fourth-order valence-corrected chi connectivity index (χ4v) is 14.2. The summed E-state index contributed by atoms with van der Waals surface area (Å²) in [5.74, 6) is 0. The van der Waals surface area contributed by atoms with Gasteiger partial charge in [0.05, 0.1) is 11.1 Å². The molecule has 0 unspecified atom stereocenters. The number of rotatable bonds is 3. The molecule has 0 amide bonds. The predicted molar refractivity (Wildman–Crippen MR) is 304 cm³/mol. The molecule has 1 spiro atoms. The van der Waals surface area contributed by atoms with E-state index in [0.717, 1.165) is 0 Å². The molecule has 14 rings (SSSR count). The molecule has 4 heteroatoms. The fraction of sp³-hybridized carbons (Fsp3) is 0.164. The van der Waals surface area contributed by atoms with Crippen molar-refractivity contribution >= 4 is 78.0 Å². The van der Waals surface area contributed by atoms with Gasteiger partial charge < -0.3 is 9.80 Å². The van der Waals surface area contributed by atoms with Crippen LogP contribution in [0.1, 0.15) is 86.1 Å². The van der Waals surface area contributed by atoms with E-state index in [4.69, 9.17) is 0 Å². The predicted octanol–water partition coefficient (Wildman–Crippen LogP) is 16.2. The average Bonchev–Trinajstić information content (AvgIpc) is 3.99. The van der Waals surface area contributed by atoms with E-state index in [1.165, 1.54) is 138 Å². The van der Waals surface area contributed by atoms with Crippen molar-refractivity contribution in [3.8, 4) is 33.4 Å². The summed E-state index contributed by atoms with van der Waals surface area (Å²) in [5.41, 5.74) is 28.2. The van der Waals surface area contributed by atoms with Crippen LogP contribution in [0.3, 0.4) is 0 Å². The van der Waals surface area contributed by atoms with Crippen LogP contribution in [0.4, 0.5) is 34.1 Å². The number of thiophene rings is 1. The van der Waals surface area contributed by atoms with Crippen LogP contribution in [-0.4, -0.2) is 6.71 Å². The maximum Gasteiger partial charge on any atom is 0.264 e. The Hall–Kier alpha value is -7.40. The first kappa shape index (κ1) is 42.5. The summed E-state index contributed by atoms with van der Waals surface area (Å²) in [4.78, 5) is 5.19. The highest BCUT2D eigenvalue weighted by Gasteiger charge is 2.53. The Kier molecular flexibility index (Phi) is 8.87. The molecule has 0 fully saturated rings. The zero-order valence-corrected chi connectivity index (χ0v) is 42.6. The van der Waals surface area contributed by atoms with Gasteiger partial charge in [-0.05, 0) is 163 Å². The lowest BCUT2D eigenvalue weighted by atomic mass is 9.36. The molecule has 1 aromatic heterocycles. The van der Waals surface area contributed by atoms with Crippen molar-refractivity contribution in [2.24, 2.45) is 0 Å². The number of fused-ring (bicyclic) bond motifs is 16. The molecule has 0 bridgehead atoms. The van der Waals surface area contributed by atoms with E-state index in [1.54, 1.807) is 0 Å². The van der Waals surface area contributed by atoms with Crippen LogP contribution < -0.4 is 25.5 Å². The van der Waals surface area contributed by atoms with Crippen molar-refractivity contribution in [1.29, 1.82) is 0 Å². The standard InChI is InChI=1S/C67H55BN2S/c1-40-22-28-46(29-23-40)69-58-36-43(42-16-10-9-11-17-42)24-33-57(58)68-62-59(69)34-41(2)35-60(62)70(47-30-25-44(26-31-47)65(3,4)5)63-52-38-51-50-32-27-45(66(6,7)8)37-55(50)67(56(51)39-61(52)71-64(63)68)53-20-14-12-18-48(53)49-19-13-15-21-54(49)67/h9-39H,1-8H3. The van der Waals surface area contributed by atoms with Crippen molar-refractivity contribution in [2.75, 3.05) is 9.80 Å². The first-order valence-corrected chi connectivity index (χ1v) is 26.2. The first-order valence-electron chi connectivity index (χ1n) is 25.4. The molecular formula is C67H55BN2S. The molecule has 0 radical (unpaired) electrons. The molecule has 2 aliphatic carbocycles. The highest BCUT2D eigenvalue weighted by atomic mass is 32.1. The smallest absolute Gasteiger partial charge is 0.264 e. The van der Waals surface area contributed by atoms with E-state index in [1.807, 2.05) is 11.3 Å². The highest BCUT2D eigenvalue weighted by molar-refractivity contribution is 7.33. The van der Waals surface area contributed by atoms with Crippen molar-refractivity contribution in [2.45, 2.75) is 71.6 Å². The van der Waals surface area contributed by atoms with E-state index in [-0.39, 0.29) is 17.5 Å². The van der Waals surface area contributed by atoms with E-state index in [2.05, 4.69) is 253 Å². The van der Waals surface area contributed by atoms with Crippen LogP contribution in [0.25, 0.3) is 43.5 Å². The van der Waals surface area contributed by atoms with Gasteiger partial charge in [0.2, 0.25) is 0 Å². The number of benzene rings is 9. The van der Waals surface area contributed by atoms with Gasteiger partial charge in [-0.25, -0.2) is 0 Å². The van der Waals surface area contributed by atoms with Crippen molar-refractivity contribution in [3.05, 3.63) is 233 Å². The second-order valence-electron chi connectivity index (χ2n) is 22.7. The summed E-state index contributed by atoms with van der Waals surface area (Å²) < 4.78 is 2.72. The van der Waals surface area contributed by atoms with E-state index < -0.39 is 5.41 Å². The fourth-order valence-electron chi connectivity index (χ4n) is 12.9. The van der Waals surface area contributed by atoms with Crippen LogP contribution in [0.15, 0.2) is 188 Å². The molecule has 2 nitrogen and oxygen atoms in total. The molecule has 0 saturated heterocycles. The maximum atomic E-state index is 2.64. The number of hydrogen-bond acceptors (Lipinski definition) is 3. The van der Waals surface area contributed by atoms with Gasteiger partial charge in [0.15, 0.2) is 0 Å². The minimum Gasteiger partial charge on any atom is -0.311 e. The van der Waals surface area contributed by atoms with Crippen LogP contribution in [0, 0.1) is 13.8 Å². The van der Waals surface area contributed by atoms with E-state index in [0.29, 0.717) is 0 Å². The summed E-state index contributed by atoms with van der Waals surface area (Å²) >= 11 is 2.01. The maximum absolute atomic E-state index is 2.64. The zero-order chi connectivity index (χ0) is 48.3. The van der Waals surface area contributed by atoms with Crippen LogP contribution in [-0.2, 0) is 16.2 Å². The van der Waals surface area contributed by atoms with Gasteiger partial charge in [0, 0.05) is 43.3 Å². The third kappa shape index (κ3) is 5.95. The lowest BCUT2D eigenvalue weighted by molar-refractivity contribution is 0.588. The minimum absolute atomic E-state index is 0.0113. The molecular weight excluding hydrogens is 876 g/mol. The van der Waals surface area contributed by atoms with Crippen LogP contribution in [0.5, 0.6) is 0 Å². The number of aryl methyl sites for hydroxylation is 2. The van der Waals surface area contributed by atoms with Gasteiger partial charge in [-0.1, -0.05) is 181 Å². The Morgan fingerprint density at radius 1 is 0.437 bits per heavy atom. The first-order chi connectivity index (χ1) is 34.3. The second-order valence-corrected chi connectivity index (χ2v) is 23.7. The highest BCUT2D eigenvalue weighted by Crippen LogP contribution is 2.64. The summed E-state index contributed by atoms with van der Waals surface area (Å²) in [6.45, 7) is 18.5. The summed E-state index contributed by atoms with van der Waals surface area (Å²) in [6.07, 6.45) is 0. The Balaban J connectivity index is 1.09. The van der Waals surface area contributed by atoms with E-state index >= 15 is 0 Å². The lowest BCUT2D eigenvalue weighted by Gasteiger charge is -2.43. The number of hydrogen-bond donors (Lipinski definition) is 0. The van der Waals surface area contributed by atoms with Crippen molar-refractivity contribution < 1.29 is 0 Å². The molecule has 2 aliphatic heterocycles. The van der Waals surface area contributed by atoms with E-state index in [9.17, 15) is 0 Å². The van der Waals surface area contributed by atoms with Gasteiger partial charge in [-0.15, -0.1) is 11.3 Å². The Labute approximate surface area is 423 Å². The largest absolute Gasteiger partial charge is 0.311 e. The third-order valence-electron chi connectivity index (χ3n) is 16.3. The van der Waals surface area contributed by atoms with Gasteiger partial charge in [-0.2, -0.15) is 0 Å². The van der Waals surface area contributed by atoms with Crippen molar-refractivity contribution in [1.82, 2.24) is 0 Å². The molecule has 3 heterocycles. The van der Waals surface area contributed by atoms with Gasteiger partial charge in [0.1, 0.15) is 0 Å². The molecule has 4 aliphatic rings. The molecule has 342 valence electrons. The normalized spacial score (nSPS) is 14.5. The zero-order valence-electron chi connectivity index (χ0n) is 41.8. The Bertz CT molecular complexity index is 3820. The Morgan fingerprint density at radius 3 is 1.69 bits per heavy atom. The van der Waals surface area contributed by atoms with Crippen LogP contribution in [0.2, 0.25) is 0 Å². The molecule has 0 N–H and O–H groups in total. The molecule has 0 atom stereocenters. The lowest BCUT2D eigenvalue weighted by Crippen LogP contribution is -2.60. The molecule has 71 heavy (non-hydrogen) atoms. The van der Waals surface area contributed by atoms with Crippen molar-refractivity contribution in [3.63, 3.8) is 0 Å². The second kappa shape index (κ2) is 14.8. The minimum atomic E-state index is -0.451. The summed E-state index contributed by atoms with van der Waals surface area (Å²) in [5, 5.41) is 1.31. The summed E-state index contributed by atoms with van der Waals surface area (Å²) in [6, 6.07) is 72.7. The SMILES string of the molecule is Cc1ccc(N2c3cc(-c4ccccc4)ccc3B3c4sc5cc6c(cc5c4N(c4ccc(C(C)(C)C)cc4)c4cc(C)cc2c43)-c2ccc(C(C)(C)C)cc2C62c3ccccc3-c3ccccc32)cc1. The summed E-state index contributed by atoms with van der Waals surface area (Å²) in [7, 11) is 0. The Morgan fingerprint density at radius 2 is 1.01 bits per heavy atom.